The van der Waals surface area contributed by atoms with Gasteiger partial charge in [-0.15, -0.1) is 0 Å². The van der Waals surface area contributed by atoms with E-state index in [4.69, 9.17) is 4.74 Å². The van der Waals surface area contributed by atoms with E-state index in [1.54, 1.807) is 29.2 Å². The van der Waals surface area contributed by atoms with Crippen molar-refractivity contribution in [2.24, 2.45) is 5.92 Å². The Morgan fingerprint density at radius 2 is 1.86 bits per heavy atom. The standard InChI is InChI=1S/C16H22N2O3/c1-12(19)17-15-5-3-14(4-6-15)16(20)18(2)11-13-7-9-21-10-8-13/h3-6,13H,7-11H2,1-2H3,(H,17,19). The first-order valence-electron chi connectivity index (χ1n) is 7.27. The van der Waals surface area contributed by atoms with Crippen molar-refractivity contribution in [1.29, 1.82) is 0 Å². The fourth-order valence-corrected chi connectivity index (χ4v) is 2.52. The SMILES string of the molecule is CC(=O)Nc1ccc(C(=O)N(C)CC2CCOCC2)cc1. The van der Waals surface area contributed by atoms with Crippen LogP contribution >= 0.6 is 0 Å². The van der Waals surface area contributed by atoms with Crippen LogP contribution in [0, 0.1) is 5.92 Å². The Labute approximate surface area is 125 Å². The van der Waals surface area contributed by atoms with Gasteiger partial charge in [0.15, 0.2) is 0 Å². The van der Waals surface area contributed by atoms with E-state index < -0.39 is 0 Å². The summed E-state index contributed by atoms with van der Waals surface area (Å²) in [6.45, 7) is 3.80. The molecule has 1 aliphatic rings. The monoisotopic (exact) mass is 290 g/mol. The number of hydrogen-bond donors (Lipinski definition) is 1. The summed E-state index contributed by atoms with van der Waals surface area (Å²) >= 11 is 0. The predicted octanol–water partition coefficient (Wildman–Crippen LogP) is 2.14. The van der Waals surface area contributed by atoms with Gasteiger partial charge < -0.3 is 15.0 Å². The Morgan fingerprint density at radius 1 is 1.24 bits per heavy atom. The van der Waals surface area contributed by atoms with Crippen molar-refractivity contribution >= 4 is 17.5 Å². The second kappa shape index (κ2) is 7.22. The second-order valence-corrected chi connectivity index (χ2v) is 5.50. The predicted molar refractivity (Wildman–Crippen MR) is 81.2 cm³/mol. The molecule has 0 atom stereocenters. The molecule has 0 bridgehead atoms. The largest absolute Gasteiger partial charge is 0.381 e. The number of benzene rings is 1. The molecule has 5 heteroatoms. The maximum atomic E-state index is 12.4. The van der Waals surface area contributed by atoms with Crippen LogP contribution in [0.4, 0.5) is 5.69 Å². The van der Waals surface area contributed by atoms with Crippen LogP contribution in [0.15, 0.2) is 24.3 Å². The minimum atomic E-state index is -0.120. The topological polar surface area (TPSA) is 58.6 Å². The van der Waals surface area contributed by atoms with E-state index >= 15 is 0 Å². The van der Waals surface area contributed by atoms with E-state index in [1.165, 1.54) is 6.92 Å². The van der Waals surface area contributed by atoms with Gasteiger partial charge in [0, 0.05) is 45.0 Å². The van der Waals surface area contributed by atoms with Gasteiger partial charge in [-0.2, -0.15) is 0 Å². The zero-order valence-electron chi connectivity index (χ0n) is 12.6. The summed E-state index contributed by atoms with van der Waals surface area (Å²) in [7, 11) is 1.83. The number of carbonyl (C=O) groups is 2. The lowest BCUT2D eigenvalue weighted by Gasteiger charge is -2.27. The fourth-order valence-electron chi connectivity index (χ4n) is 2.52. The first-order valence-corrected chi connectivity index (χ1v) is 7.27. The fraction of sp³-hybridized carbons (Fsp3) is 0.500. The number of nitrogens with one attached hydrogen (secondary N) is 1. The number of nitrogens with zero attached hydrogens (tertiary/aromatic N) is 1. The highest BCUT2D eigenvalue weighted by Crippen LogP contribution is 2.17. The lowest BCUT2D eigenvalue weighted by Crippen LogP contribution is -2.34. The van der Waals surface area contributed by atoms with Gasteiger partial charge in [0.1, 0.15) is 0 Å². The third kappa shape index (κ3) is 4.56. The minimum absolute atomic E-state index is 0.0101. The molecule has 1 fully saturated rings. The molecule has 0 spiro atoms. The molecule has 114 valence electrons. The van der Waals surface area contributed by atoms with E-state index in [-0.39, 0.29) is 11.8 Å². The molecular formula is C16H22N2O3. The summed E-state index contributed by atoms with van der Waals surface area (Å²) in [4.78, 5) is 25.1. The van der Waals surface area contributed by atoms with Crippen LogP contribution < -0.4 is 5.32 Å². The number of carbonyl (C=O) groups excluding carboxylic acids is 2. The van der Waals surface area contributed by atoms with Crippen LogP contribution in [-0.2, 0) is 9.53 Å². The molecule has 1 aliphatic heterocycles. The van der Waals surface area contributed by atoms with Crippen LogP contribution in [0.5, 0.6) is 0 Å². The average molecular weight is 290 g/mol. The number of rotatable bonds is 4. The van der Waals surface area contributed by atoms with E-state index in [0.29, 0.717) is 17.2 Å². The van der Waals surface area contributed by atoms with Gasteiger partial charge >= 0.3 is 0 Å². The molecule has 0 radical (unpaired) electrons. The highest BCUT2D eigenvalue weighted by atomic mass is 16.5. The van der Waals surface area contributed by atoms with Gasteiger partial charge in [0.05, 0.1) is 0 Å². The van der Waals surface area contributed by atoms with Gasteiger partial charge in [-0.3, -0.25) is 9.59 Å². The van der Waals surface area contributed by atoms with Crippen LogP contribution in [0.2, 0.25) is 0 Å². The van der Waals surface area contributed by atoms with E-state index in [2.05, 4.69) is 5.32 Å². The molecule has 1 aromatic carbocycles. The van der Waals surface area contributed by atoms with Crippen molar-refractivity contribution < 1.29 is 14.3 Å². The molecule has 21 heavy (non-hydrogen) atoms. The van der Waals surface area contributed by atoms with Crippen molar-refractivity contribution in [3.05, 3.63) is 29.8 Å². The van der Waals surface area contributed by atoms with Crippen LogP contribution in [-0.4, -0.2) is 43.5 Å². The molecule has 5 nitrogen and oxygen atoms in total. The lowest BCUT2D eigenvalue weighted by atomic mass is 9.99. The van der Waals surface area contributed by atoms with Gasteiger partial charge in [-0.05, 0) is 43.0 Å². The molecule has 0 saturated carbocycles. The van der Waals surface area contributed by atoms with Crippen molar-refractivity contribution in [3.8, 4) is 0 Å². The quantitative estimate of drug-likeness (QED) is 0.924. The van der Waals surface area contributed by atoms with E-state index in [0.717, 1.165) is 32.6 Å². The van der Waals surface area contributed by atoms with E-state index in [9.17, 15) is 9.59 Å². The third-order valence-electron chi connectivity index (χ3n) is 3.67. The Morgan fingerprint density at radius 3 is 2.43 bits per heavy atom. The van der Waals surface area contributed by atoms with Gasteiger partial charge in [-0.1, -0.05) is 0 Å². The molecular weight excluding hydrogens is 268 g/mol. The maximum absolute atomic E-state index is 12.4. The van der Waals surface area contributed by atoms with Crippen LogP contribution in [0.25, 0.3) is 0 Å². The second-order valence-electron chi connectivity index (χ2n) is 5.50. The van der Waals surface area contributed by atoms with Crippen LogP contribution in [0.3, 0.4) is 0 Å². The first-order chi connectivity index (χ1) is 10.1. The Kier molecular flexibility index (Phi) is 5.33. The lowest BCUT2D eigenvalue weighted by molar-refractivity contribution is -0.114. The number of amides is 2. The summed E-state index contributed by atoms with van der Waals surface area (Å²) in [5, 5.41) is 2.69. The Bertz CT molecular complexity index is 493. The summed E-state index contributed by atoms with van der Waals surface area (Å²) in [6, 6.07) is 6.98. The number of ether oxygens (including phenoxy) is 1. The summed E-state index contributed by atoms with van der Waals surface area (Å²) in [5.41, 5.74) is 1.34. The zero-order valence-corrected chi connectivity index (χ0v) is 12.6. The zero-order chi connectivity index (χ0) is 15.2. The van der Waals surface area contributed by atoms with Crippen molar-refractivity contribution in [2.45, 2.75) is 19.8 Å². The summed E-state index contributed by atoms with van der Waals surface area (Å²) in [6.07, 6.45) is 2.03. The van der Waals surface area contributed by atoms with Gasteiger partial charge in [0.2, 0.25) is 5.91 Å². The first kappa shape index (κ1) is 15.5. The average Bonchev–Trinajstić information content (AvgIpc) is 2.47. The number of anilines is 1. The molecule has 1 heterocycles. The highest BCUT2D eigenvalue weighted by Gasteiger charge is 2.19. The molecule has 1 saturated heterocycles. The van der Waals surface area contributed by atoms with Crippen LogP contribution in [0.1, 0.15) is 30.1 Å². The van der Waals surface area contributed by atoms with Crippen molar-refractivity contribution in [3.63, 3.8) is 0 Å². The molecule has 2 amide bonds. The summed E-state index contributed by atoms with van der Waals surface area (Å²) in [5.74, 6) is 0.410. The molecule has 2 rings (SSSR count). The van der Waals surface area contributed by atoms with Gasteiger partial charge in [0.25, 0.3) is 5.91 Å². The van der Waals surface area contributed by atoms with Crippen molar-refractivity contribution in [2.75, 3.05) is 32.1 Å². The van der Waals surface area contributed by atoms with Gasteiger partial charge in [-0.25, -0.2) is 0 Å². The molecule has 1 N–H and O–H groups in total. The molecule has 0 aromatic heterocycles. The van der Waals surface area contributed by atoms with Crippen molar-refractivity contribution in [1.82, 2.24) is 4.90 Å². The third-order valence-corrected chi connectivity index (χ3v) is 3.67. The maximum Gasteiger partial charge on any atom is 0.253 e. The number of hydrogen-bond acceptors (Lipinski definition) is 3. The minimum Gasteiger partial charge on any atom is -0.381 e. The van der Waals surface area contributed by atoms with E-state index in [1.807, 2.05) is 7.05 Å². The summed E-state index contributed by atoms with van der Waals surface area (Å²) < 4.78 is 5.33. The Balaban J connectivity index is 1.93. The molecule has 0 aliphatic carbocycles. The Hall–Kier alpha value is -1.88. The smallest absolute Gasteiger partial charge is 0.253 e. The molecule has 1 aromatic rings. The normalized spacial score (nSPS) is 15.5. The highest BCUT2D eigenvalue weighted by molar-refractivity contribution is 5.95. The molecule has 0 unspecified atom stereocenters.